The Balaban J connectivity index is 1.72. The van der Waals surface area contributed by atoms with E-state index in [-0.39, 0.29) is 18.5 Å². The monoisotopic (exact) mass is 423 g/mol. The van der Waals surface area contributed by atoms with Crippen LogP contribution in [-0.4, -0.2) is 83.8 Å². The van der Waals surface area contributed by atoms with E-state index in [1.807, 2.05) is 20.8 Å². The zero-order valence-electron chi connectivity index (χ0n) is 18.9. The molecular weight excluding hydrogens is 386 g/mol. The van der Waals surface area contributed by atoms with Crippen molar-refractivity contribution in [2.75, 3.05) is 40.0 Å². The molecule has 3 aliphatic rings. The van der Waals surface area contributed by atoms with Crippen LogP contribution in [0.4, 0.5) is 4.79 Å². The van der Waals surface area contributed by atoms with Crippen LogP contribution in [0.1, 0.15) is 65.7 Å². The first-order valence-corrected chi connectivity index (χ1v) is 11.2. The third-order valence-electron chi connectivity index (χ3n) is 6.63. The second-order valence-corrected chi connectivity index (χ2v) is 9.95. The molecule has 2 amide bonds. The maximum atomic E-state index is 13.4. The summed E-state index contributed by atoms with van der Waals surface area (Å²) in [7, 11) is 1.35. The molecule has 8 heteroatoms. The molecule has 1 saturated carbocycles. The van der Waals surface area contributed by atoms with Crippen molar-refractivity contribution >= 4 is 18.0 Å². The fourth-order valence-electron chi connectivity index (χ4n) is 5.01. The predicted molar refractivity (Wildman–Crippen MR) is 112 cm³/mol. The molecule has 0 unspecified atom stereocenters. The molecular formula is C22H37N3O5. The van der Waals surface area contributed by atoms with Gasteiger partial charge in [0.05, 0.1) is 13.8 Å². The van der Waals surface area contributed by atoms with E-state index in [0.29, 0.717) is 38.5 Å². The Labute approximate surface area is 179 Å². The lowest BCUT2D eigenvalue weighted by Crippen LogP contribution is -2.58. The maximum absolute atomic E-state index is 13.4. The van der Waals surface area contributed by atoms with Gasteiger partial charge in [-0.25, -0.2) is 4.79 Å². The number of nitrogens with zero attached hydrogens (tertiary/aromatic N) is 3. The molecule has 0 atom stereocenters. The van der Waals surface area contributed by atoms with Gasteiger partial charge in [-0.15, -0.1) is 0 Å². The molecule has 0 radical (unpaired) electrons. The van der Waals surface area contributed by atoms with Gasteiger partial charge in [0.15, 0.2) is 0 Å². The summed E-state index contributed by atoms with van der Waals surface area (Å²) < 4.78 is 10.3. The van der Waals surface area contributed by atoms with Crippen molar-refractivity contribution in [3.05, 3.63) is 0 Å². The van der Waals surface area contributed by atoms with Gasteiger partial charge in [-0.05, 0) is 52.4 Å². The zero-order valence-corrected chi connectivity index (χ0v) is 18.9. The van der Waals surface area contributed by atoms with Crippen molar-refractivity contribution in [2.45, 2.75) is 76.9 Å². The second-order valence-electron chi connectivity index (χ2n) is 9.95. The number of amides is 2. The van der Waals surface area contributed by atoms with Crippen LogP contribution in [0.15, 0.2) is 0 Å². The van der Waals surface area contributed by atoms with Gasteiger partial charge in [-0.2, -0.15) is 0 Å². The first-order chi connectivity index (χ1) is 14.1. The van der Waals surface area contributed by atoms with Gasteiger partial charge >= 0.3 is 12.1 Å². The zero-order chi connectivity index (χ0) is 21.9. The first kappa shape index (κ1) is 22.8. The van der Waals surface area contributed by atoms with Crippen LogP contribution in [0.5, 0.6) is 0 Å². The predicted octanol–water partition coefficient (Wildman–Crippen LogP) is 2.61. The van der Waals surface area contributed by atoms with Crippen molar-refractivity contribution in [2.24, 2.45) is 5.92 Å². The Bertz CT molecular complexity index is 646. The fourth-order valence-corrected chi connectivity index (χ4v) is 5.01. The van der Waals surface area contributed by atoms with Crippen LogP contribution in [0.25, 0.3) is 0 Å². The topological polar surface area (TPSA) is 79.4 Å². The van der Waals surface area contributed by atoms with Gasteiger partial charge in [-0.1, -0.05) is 19.3 Å². The van der Waals surface area contributed by atoms with E-state index in [0.717, 1.165) is 6.54 Å². The van der Waals surface area contributed by atoms with E-state index in [4.69, 9.17) is 9.47 Å². The number of esters is 1. The van der Waals surface area contributed by atoms with Crippen molar-refractivity contribution in [1.82, 2.24) is 14.7 Å². The number of carbonyl (C=O) groups excluding carboxylic acids is 3. The normalized spacial score (nSPS) is 23.1. The summed E-state index contributed by atoms with van der Waals surface area (Å²) in [4.78, 5) is 43.4. The van der Waals surface area contributed by atoms with Gasteiger partial charge in [0.2, 0.25) is 5.91 Å². The van der Waals surface area contributed by atoms with Crippen molar-refractivity contribution in [3.8, 4) is 0 Å². The third kappa shape index (κ3) is 5.07. The SMILES string of the molecule is COC(=O)CN1CN(CC2CCCCC2)C2(CCN(C(=O)OC(C)(C)C)CC2)C1=O. The third-order valence-corrected chi connectivity index (χ3v) is 6.63. The molecule has 1 spiro atoms. The largest absolute Gasteiger partial charge is 0.468 e. The molecule has 2 aliphatic heterocycles. The Morgan fingerprint density at radius 3 is 2.30 bits per heavy atom. The van der Waals surface area contributed by atoms with Crippen molar-refractivity contribution < 1.29 is 23.9 Å². The van der Waals surface area contributed by atoms with Crippen LogP contribution >= 0.6 is 0 Å². The summed E-state index contributed by atoms with van der Waals surface area (Å²) in [5.41, 5.74) is -1.18. The number of hydrogen-bond donors (Lipinski definition) is 0. The van der Waals surface area contributed by atoms with Crippen molar-refractivity contribution in [1.29, 1.82) is 0 Å². The number of rotatable bonds is 4. The number of hydrogen-bond acceptors (Lipinski definition) is 6. The minimum atomic E-state index is -0.635. The van der Waals surface area contributed by atoms with E-state index in [9.17, 15) is 14.4 Å². The van der Waals surface area contributed by atoms with E-state index >= 15 is 0 Å². The molecule has 0 aromatic heterocycles. The standard InChI is InChI=1S/C22H37N3O5/c1-21(2,3)30-20(28)23-12-10-22(11-13-23)19(27)24(15-18(26)29-4)16-25(22)14-17-8-6-5-7-9-17/h17H,5-16H2,1-4H3. The summed E-state index contributed by atoms with van der Waals surface area (Å²) in [5, 5.41) is 0. The van der Waals surface area contributed by atoms with Crippen LogP contribution in [0.3, 0.4) is 0 Å². The lowest BCUT2D eigenvalue weighted by atomic mass is 9.83. The average molecular weight is 424 g/mol. The second kappa shape index (κ2) is 9.12. The number of carbonyl (C=O) groups is 3. The molecule has 0 aromatic carbocycles. The lowest BCUT2D eigenvalue weighted by molar-refractivity contribution is -0.147. The molecule has 2 saturated heterocycles. The number of ether oxygens (including phenoxy) is 2. The van der Waals surface area contributed by atoms with Crippen LogP contribution in [-0.2, 0) is 19.1 Å². The molecule has 1 aliphatic carbocycles. The van der Waals surface area contributed by atoms with E-state index in [1.165, 1.54) is 39.2 Å². The highest BCUT2D eigenvalue weighted by Gasteiger charge is 2.54. The Kier molecular flexibility index (Phi) is 6.95. The van der Waals surface area contributed by atoms with Gasteiger partial charge in [-0.3, -0.25) is 14.5 Å². The Morgan fingerprint density at radius 1 is 1.10 bits per heavy atom. The smallest absolute Gasteiger partial charge is 0.410 e. The molecule has 0 N–H and O–H groups in total. The quantitative estimate of drug-likeness (QED) is 0.647. The van der Waals surface area contributed by atoms with Gasteiger partial charge in [0.25, 0.3) is 0 Å². The van der Waals surface area contributed by atoms with Gasteiger partial charge < -0.3 is 19.3 Å². The Morgan fingerprint density at radius 2 is 1.73 bits per heavy atom. The lowest BCUT2D eigenvalue weighted by Gasteiger charge is -2.43. The highest BCUT2D eigenvalue weighted by atomic mass is 16.6. The van der Waals surface area contributed by atoms with Gasteiger partial charge in [0.1, 0.15) is 17.7 Å². The number of methoxy groups -OCH3 is 1. The van der Waals surface area contributed by atoms with Crippen LogP contribution in [0.2, 0.25) is 0 Å². The molecule has 2 heterocycles. The van der Waals surface area contributed by atoms with Crippen LogP contribution < -0.4 is 0 Å². The molecule has 30 heavy (non-hydrogen) atoms. The summed E-state index contributed by atoms with van der Waals surface area (Å²) in [6.07, 6.45) is 6.98. The molecule has 8 nitrogen and oxygen atoms in total. The summed E-state index contributed by atoms with van der Waals surface area (Å²) in [5.74, 6) is 0.183. The minimum absolute atomic E-state index is 0.00690. The van der Waals surface area contributed by atoms with Crippen LogP contribution in [0, 0.1) is 5.92 Å². The van der Waals surface area contributed by atoms with E-state index < -0.39 is 17.1 Å². The number of piperidine rings is 1. The van der Waals surface area contributed by atoms with E-state index in [1.54, 1.807) is 9.80 Å². The molecule has 3 rings (SSSR count). The van der Waals surface area contributed by atoms with Gasteiger partial charge in [0, 0.05) is 19.6 Å². The molecule has 170 valence electrons. The van der Waals surface area contributed by atoms with E-state index in [2.05, 4.69) is 4.90 Å². The highest BCUT2D eigenvalue weighted by molar-refractivity contribution is 5.91. The summed E-state index contributed by atoms with van der Waals surface area (Å²) >= 11 is 0. The van der Waals surface area contributed by atoms with Crippen molar-refractivity contribution in [3.63, 3.8) is 0 Å². The molecule has 3 fully saturated rings. The number of likely N-dealkylation sites (tertiary alicyclic amines) is 1. The maximum Gasteiger partial charge on any atom is 0.410 e. The highest BCUT2D eigenvalue weighted by Crippen LogP contribution is 2.38. The first-order valence-electron chi connectivity index (χ1n) is 11.2. The molecule has 0 aromatic rings. The summed E-state index contributed by atoms with van der Waals surface area (Å²) in [6, 6.07) is 0. The summed E-state index contributed by atoms with van der Waals surface area (Å²) in [6.45, 7) is 7.83. The fraction of sp³-hybridized carbons (Fsp3) is 0.864. The Hall–Kier alpha value is -1.83. The molecule has 0 bridgehead atoms. The minimum Gasteiger partial charge on any atom is -0.468 e. The average Bonchev–Trinajstić information content (AvgIpc) is 2.93.